The fraction of sp³-hybridized carbons (Fsp3) is 0.423. The molecular weight excluding hydrogens is 375 g/mol. The van der Waals surface area contributed by atoms with Gasteiger partial charge in [0, 0.05) is 18.3 Å². The number of unbranched alkanes of at least 4 members (excludes halogenated alkanes) is 1. The number of halogens is 1. The zero-order chi connectivity index (χ0) is 20.6. The Morgan fingerprint density at radius 2 is 1.97 bits per heavy atom. The molecule has 5 rings (SSSR count). The topological polar surface area (TPSA) is 41.1 Å². The molecule has 4 heteroatoms. The minimum absolute atomic E-state index is 0.187. The normalized spacial score (nSPS) is 24.9. The minimum atomic E-state index is -0.302. The van der Waals surface area contributed by atoms with E-state index in [2.05, 4.69) is 34.9 Å². The van der Waals surface area contributed by atoms with Crippen LogP contribution in [0.25, 0.3) is 5.57 Å². The van der Waals surface area contributed by atoms with Gasteiger partial charge in [-0.1, -0.05) is 43.2 Å². The number of nitrogens with one attached hydrogen (secondary N) is 2. The Morgan fingerprint density at radius 3 is 2.83 bits per heavy atom. The zero-order valence-corrected chi connectivity index (χ0v) is 17.3. The second-order valence-corrected chi connectivity index (χ2v) is 9.02. The van der Waals surface area contributed by atoms with Gasteiger partial charge < -0.3 is 10.6 Å². The molecule has 1 aliphatic carbocycles. The Balaban J connectivity index is 1.19. The first-order valence-electron chi connectivity index (χ1n) is 11.3. The van der Waals surface area contributed by atoms with Crippen molar-refractivity contribution < 1.29 is 9.18 Å². The van der Waals surface area contributed by atoms with Crippen LogP contribution >= 0.6 is 0 Å². The van der Waals surface area contributed by atoms with Crippen LogP contribution in [0.4, 0.5) is 10.1 Å². The summed E-state index contributed by atoms with van der Waals surface area (Å²) in [4.78, 5) is 12.9. The van der Waals surface area contributed by atoms with Crippen molar-refractivity contribution in [3.8, 4) is 0 Å². The molecule has 30 heavy (non-hydrogen) atoms. The third-order valence-electron chi connectivity index (χ3n) is 7.20. The van der Waals surface area contributed by atoms with E-state index in [4.69, 9.17) is 0 Å². The number of carbonyl (C=O) groups is 1. The van der Waals surface area contributed by atoms with E-state index >= 15 is 0 Å². The summed E-state index contributed by atoms with van der Waals surface area (Å²) >= 11 is 0. The van der Waals surface area contributed by atoms with Crippen LogP contribution in [0.15, 0.2) is 48.5 Å². The summed E-state index contributed by atoms with van der Waals surface area (Å²) in [6.07, 6.45) is 10.6. The van der Waals surface area contributed by atoms with Gasteiger partial charge in [-0.3, -0.25) is 4.79 Å². The number of rotatable bonds is 6. The van der Waals surface area contributed by atoms with Crippen LogP contribution in [0.2, 0.25) is 0 Å². The van der Waals surface area contributed by atoms with Crippen molar-refractivity contribution >= 4 is 17.2 Å². The monoisotopic (exact) mass is 404 g/mol. The molecule has 0 bridgehead atoms. The third kappa shape index (κ3) is 3.47. The maximum atomic E-state index is 13.2. The lowest BCUT2D eigenvalue weighted by Crippen LogP contribution is -2.37. The van der Waals surface area contributed by atoms with Crippen molar-refractivity contribution in [2.24, 2.45) is 0 Å². The highest BCUT2D eigenvalue weighted by molar-refractivity contribution is 6.07. The molecule has 3 aliphatic rings. The molecule has 0 saturated carbocycles. The van der Waals surface area contributed by atoms with Gasteiger partial charge in [0.05, 0.1) is 5.41 Å². The number of anilines is 1. The molecule has 0 saturated heterocycles. The highest BCUT2D eigenvalue weighted by Gasteiger charge is 2.48. The third-order valence-corrected chi connectivity index (χ3v) is 7.20. The minimum Gasteiger partial charge on any atom is -0.325 e. The lowest BCUT2D eigenvalue weighted by molar-refractivity contribution is -0.121. The quantitative estimate of drug-likeness (QED) is 0.637. The predicted octanol–water partition coefficient (Wildman–Crippen LogP) is 5.36. The number of hydrogen-bond acceptors (Lipinski definition) is 2. The Bertz CT molecular complexity index is 981. The van der Waals surface area contributed by atoms with Crippen molar-refractivity contribution in [2.45, 2.75) is 62.8 Å². The zero-order valence-electron chi connectivity index (χ0n) is 17.3. The fourth-order valence-corrected chi connectivity index (χ4v) is 5.71. The van der Waals surface area contributed by atoms with Crippen molar-refractivity contribution in [1.29, 1.82) is 0 Å². The van der Waals surface area contributed by atoms with Gasteiger partial charge in [-0.05, 0) is 79.0 Å². The molecule has 0 radical (unpaired) electrons. The second-order valence-electron chi connectivity index (χ2n) is 9.02. The Morgan fingerprint density at radius 1 is 1.10 bits per heavy atom. The van der Waals surface area contributed by atoms with Gasteiger partial charge in [-0.2, -0.15) is 0 Å². The second kappa shape index (κ2) is 7.99. The van der Waals surface area contributed by atoms with Crippen LogP contribution in [0.3, 0.4) is 0 Å². The average Bonchev–Trinajstić information content (AvgIpc) is 3.06. The molecule has 2 aromatic carbocycles. The summed E-state index contributed by atoms with van der Waals surface area (Å²) in [5.74, 6) is 0.0228. The molecule has 2 aliphatic heterocycles. The molecule has 156 valence electrons. The summed E-state index contributed by atoms with van der Waals surface area (Å²) < 4.78 is 13.2. The van der Waals surface area contributed by atoms with Gasteiger partial charge in [-0.25, -0.2) is 4.39 Å². The summed E-state index contributed by atoms with van der Waals surface area (Å²) in [7, 11) is 0. The molecule has 0 fully saturated rings. The van der Waals surface area contributed by atoms with Crippen molar-refractivity contribution in [3.05, 3.63) is 71.0 Å². The molecule has 2 aromatic rings. The maximum absolute atomic E-state index is 13.2. The average molecular weight is 405 g/mol. The molecule has 2 N–H and O–H groups in total. The summed E-state index contributed by atoms with van der Waals surface area (Å²) in [6, 6.07) is 13.6. The number of amides is 1. The lowest BCUT2D eigenvalue weighted by Gasteiger charge is -2.33. The lowest BCUT2D eigenvalue weighted by atomic mass is 9.68. The molecular formula is C26H29FN2O. The Kier molecular flexibility index (Phi) is 5.20. The van der Waals surface area contributed by atoms with Crippen LogP contribution in [-0.4, -0.2) is 18.5 Å². The summed E-state index contributed by atoms with van der Waals surface area (Å²) in [5.41, 5.74) is 5.82. The summed E-state index contributed by atoms with van der Waals surface area (Å²) in [5, 5.41) is 6.75. The summed E-state index contributed by atoms with van der Waals surface area (Å²) in [6.45, 7) is 0.862. The van der Waals surface area contributed by atoms with Crippen LogP contribution in [0.5, 0.6) is 0 Å². The van der Waals surface area contributed by atoms with Gasteiger partial charge >= 0.3 is 0 Å². The van der Waals surface area contributed by atoms with Crippen molar-refractivity contribution in [1.82, 2.24) is 5.32 Å². The number of aryl methyl sites for hydroxylation is 1. The van der Waals surface area contributed by atoms with E-state index in [9.17, 15) is 9.18 Å². The van der Waals surface area contributed by atoms with Crippen LogP contribution in [0, 0.1) is 5.82 Å². The van der Waals surface area contributed by atoms with E-state index in [1.165, 1.54) is 28.8 Å². The molecule has 3 nitrogen and oxygen atoms in total. The van der Waals surface area contributed by atoms with Gasteiger partial charge in [0.2, 0.25) is 5.91 Å². The van der Waals surface area contributed by atoms with Crippen LogP contribution in [0.1, 0.15) is 61.6 Å². The van der Waals surface area contributed by atoms with Crippen molar-refractivity contribution in [3.63, 3.8) is 0 Å². The Labute approximate surface area is 177 Å². The number of hydrogen-bond donors (Lipinski definition) is 2. The Hall–Kier alpha value is -2.46. The van der Waals surface area contributed by atoms with E-state index in [0.717, 1.165) is 69.2 Å². The first-order valence-corrected chi connectivity index (χ1v) is 11.3. The van der Waals surface area contributed by atoms with Crippen LogP contribution in [-0.2, 0) is 16.6 Å². The molecule has 2 unspecified atom stereocenters. The molecule has 0 aromatic heterocycles. The first-order chi connectivity index (χ1) is 14.7. The smallest absolute Gasteiger partial charge is 0.235 e. The van der Waals surface area contributed by atoms with Gasteiger partial charge in [0.25, 0.3) is 0 Å². The van der Waals surface area contributed by atoms with E-state index in [1.807, 2.05) is 12.1 Å². The largest absolute Gasteiger partial charge is 0.325 e. The SMILES string of the molecule is O=C1Nc2cccc3c2C1(CCCCC1CC(c2ccc(F)cc2)=CCN1)CCC3. The van der Waals surface area contributed by atoms with Gasteiger partial charge in [0.1, 0.15) is 5.82 Å². The van der Waals surface area contributed by atoms with Gasteiger partial charge in [0.15, 0.2) is 0 Å². The van der Waals surface area contributed by atoms with E-state index < -0.39 is 0 Å². The molecule has 2 atom stereocenters. The van der Waals surface area contributed by atoms with E-state index in [0.29, 0.717) is 6.04 Å². The molecule has 1 amide bonds. The molecule has 2 heterocycles. The number of carbonyl (C=O) groups excluding carboxylic acids is 1. The predicted molar refractivity (Wildman–Crippen MR) is 119 cm³/mol. The highest BCUT2D eigenvalue weighted by Crippen LogP contribution is 2.49. The maximum Gasteiger partial charge on any atom is 0.235 e. The van der Waals surface area contributed by atoms with E-state index in [1.54, 1.807) is 0 Å². The molecule has 0 spiro atoms. The highest BCUT2D eigenvalue weighted by atomic mass is 19.1. The van der Waals surface area contributed by atoms with E-state index in [-0.39, 0.29) is 17.1 Å². The number of benzene rings is 2. The fourth-order valence-electron chi connectivity index (χ4n) is 5.71. The van der Waals surface area contributed by atoms with Crippen LogP contribution < -0.4 is 10.6 Å². The first kappa shape index (κ1) is 19.5. The standard InChI is InChI=1S/C26H29FN2O/c27-21-11-9-18(10-12-21)20-13-16-28-22(17-20)7-1-2-14-26-15-4-6-19-5-3-8-23(24(19)26)29-25(26)30/h3,5,8-13,22,28H,1-2,4,6-7,14-17H2,(H,29,30). The van der Waals surface area contributed by atoms with Gasteiger partial charge in [-0.15, -0.1) is 0 Å². The van der Waals surface area contributed by atoms with Crippen molar-refractivity contribution in [2.75, 3.05) is 11.9 Å².